The molecule has 0 aromatic carbocycles. The van der Waals surface area contributed by atoms with Crippen LogP contribution in [-0.2, 0) is 12.7 Å². The molecule has 1 aliphatic rings. The molecule has 0 amide bonds. The second kappa shape index (κ2) is 7.98. The summed E-state index contributed by atoms with van der Waals surface area (Å²) in [7, 11) is 0. The van der Waals surface area contributed by atoms with Crippen molar-refractivity contribution in [1.29, 1.82) is 0 Å². The van der Waals surface area contributed by atoms with Crippen LogP contribution in [-0.4, -0.2) is 41.0 Å². The van der Waals surface area contributed by atoms with Crippen LogP contribution in [0, 0.1) is 0 Å². The molecule has 1 fully saturated rings. The minimum absolute atomic E-state index is 0.359. The molecule has 2 aromatic rings. The molecule has 4 nitrogen and oxygen atoms in total. The Balaban J connectivity index is 1.63. The van der Waals surface area contributed by atoms with E-state index in [-0.39, 0.29) is 0 Å². The van der Waals surface area contributed by atoms with Crippen LogP contribution in [0.2, 0.25) is 10.3 Å². The Bertz CT molecular complexity index is 732. The van der Waals surface area contributed by atoms with Gasteiger partial charge in [0.05, 0.1) is 5.56 Å². The molecule has 0 N–H and O–H groups in total. The standard InChI is InChI=1S/C17H17Cl2F3N4/c18-14-8-12(9-15(19)24-14)11-25-4-1-5-26(7-6-25)16-3-2-13(10-23-16)17(20,21)22/h2-3,8-10H,1,4-7,11H2. The molecule has 1 aliphatic heterocycles. The highest BCUT2D eigenvalue weighted by Gasteiger charge is 2.31. The van der Waals surface area contributed by atoms with Gasteiger partial charge >= 0.3 is 6.18 Å². The Hall–Kier alpha value is -1.57. The summed E-state index contributed by atoms with van der Waals surface area (Å²) in [5.41, 5.74) is 0.250. The lowest BCUT2D eigenvalue weighted by Gasteiger charge is -2.23. The van der Waals surface area contributed by atoms with Gasteiger partial charge in [-0.3, -0.25) is 4.90 Å². The molecule has 2 aromatic heterocycles. The number of alkyl halides is 3. The van der Waals surface area contributed by atoms with Crippen LogP contribution in [0.5, 0.6) is 0 Å². The van der Waals surface area contributed by atoms with E-state index < -0.39 is 11.7 Å². The number of rotatable bonds is 3. The fourth-order valence-corrected chi connectivity index (χ4v) is 3.47. The number of anilines is 1. The fraction of sp³-hybridized carbons (Fsp3) is 0.412. The van der Waals surface area contributed by atoms with Crippen molar-refractivity contribution in [2.75, 3.05) is 31.1 Å². The summed E-state index contributed by atoms with van der Waals surface area (Å²) < 4.78 is 38.0. The fourth-order valence-electron chi connectivity index (χ4n) is 2.96. The summed E-state index contributed by atoms with van der Waals surface area (Å²) in [5.74, 6) is 0.565. The Morgan fingerprint density at radius 2 is 1.73 bits per heavy atom. The van der Waals surface area contributed by atoms with Gasteiger partial charge in [0.15, 0.2) is 0 Å². The highest BCUT2D eigenvalue weighted by molar-refractivity contribution is 6.32. The number of hydrogen-bond donors (Lipinski definition) is 0. The first-order chi connectivity index (χ1) is 12.3. The highest BCUT2D eigenvalue weighted by atomic mass is 35.5. The van der Waals surface area contributed by atoms with Crippen LogP contribution in [0.1, 0.15) is 17.5 Å². The van der Waals surface area contributed by atoms with E-state index >= 15 is 0 Å². The normalized spacial score (nSPS) is 16.6. The third-order valence-corrected chi connectivity index (χ3v) is 4.60. The predicted molar refractivity (Wildman–Crippen MR) is 95.6 cm³/mol. The van der Waals surface area contributed by atoms with Crippen LogP contribution in [0.25, 0.3) is 0 Å². The lowest BCUT2D eigenvalue weighted by Crippen LogP contribution is -2.31. The summed E-state index contributed by atoms with van der Waals surface area (Å²) in [5, 5.41) is 0.718. The van der Waals surface area contributed by atoms with E-state index in [0.29, 0.717) is 29.2 Å². The highest BCUT2D eigenvalue weighted by Crippen LogP contribution is 2.29. The SMILES string of the molecule is FC(F)(F)c1ccc(N2CCCN(Cc3cc(Cl)nc(Cl)c3)CC2)nc1. The van der Waals surface area contributed by atoms with Gasteiger partial charge in [-0.25, -0.2) is 9.97 Å². The molecule has 0 atom stereocenters. The van der Waals surface area contributed by atoms with Crippen LogP contribution in [0.3, 0.4) is 0 Å². The third-order valence-electron chi connectivity index (χ3n) is 4.22. The van der Waals surface area contributed by atoms with Gasteiger partial charge < -0.3 is 4.90 Å². The average molecular weight is 405 g/mol. The number of pyridine rings is 2. The molecule has 0 bridgehead atoms. The number of aromatic nitrogens is 2. The molecule has 140 valence electrons. The van der Waals surface area contributed by atoms with Crippen LogP contribution >= 0.6 is 23.2 Å². The van der Waals surface area contributed by atoms with E-state index in [1.54, 1.807) is 12.1 Å². The van der Waals surface area contributed by atoms with E-state index in [0.717, 1.165) is 43.9 Å². The van der Waals surface area contributed by atoms with Crippen molar-refractivity contribution < 1.29 is 13.2 Å². The molecule has 0 spiro atoms. The van der Waals surface area contributed by atoms with Gasteiger partial charge in [-0.1, -0.05) is 23.2 Å². The van der Waals surface area contributed by atoms with E-state index in [9.17, 15) is 13.2 Å². The minimum atomic E-state index is -4.37. The van der Waals surface area contributed by atoms with Gasteiger partial charge in [0.2, 0.25) is 0 Å². The first-order valence-corrected chi connectivity index (χ1v) is 8.89. The van der Waals surface area contributed by atoms with Crippen molar-refractivity contribution in [3.8, 4) is 0 Å². The van der Waals surface area contributed by atoms with Crippen molar-refractivity contribution in [3.63, 3.8) is 0 Å². The van der Waals surface area contributed by atoms with E-state index in [1.165, 1.54) is 6.07 Å². The van der Waals surface area contributed by atoms with Crippen molar-refractivity contribution >= 4 is 29.0 Å². The summed E-state index contributed by atoms with van der Waals surface area (Å²) in [6.45, 7) is 3.75. The molecule has 3 rings (SSSR count). The maximum Gasteiger partial charge on any atom is 0.417 e. The lowest BCUT2D eigenvalue weighted by molar-refractivity contribution is -0.137. The first-order valence-electron chi connectivity index (χ1n) is 8.14. The van der Waals surface area contributed by atoms with Gasteiger partial charge in [-0.05, 0) is 36.2 Å². The van der Waals surface area contributed by atoms with E-state index in [2.05, 4.69) is 14.9 Å². The Labute approximate surface area is 159 Å². The zero-order chi connectivity index (χ0) is 18.7. The molecular formula is C17H17Cl2F3N4. The number of halogens is 5. The molecule has 0 radical (unpaired) electrons. The summed E-state index contributed by atoms with van der Waals surface area (Å²) in [6, 6.07) is 6.08. The zero-order valence-electron chi connectivity index (χ0n) is 13.8. The van der Waals surface area contributed by atoms with E-state index in [1.807, 2.05) is 4.90 Å². The summed E-state index contributed by atoms with van der Waals surface area (Å²) in [4.78, 5) is 12.2. The monoisotopic (exact) mass is 404 g/mol. The topological polar surface area (TPSA) is 32.3 Å². The van der Waals surface area contributed by atoms with Crippen molar-refractivity contribution in [2.24, 2.45) is 0 Å². The number of hydrogen-bond acceptors (Lipinski definition) is 4. The third kappa shape index (κ3) is 4.99. The molecule has 9 heteroatoms. The smallest absolute Gasteiger partial charge is 0.355 e. The first kappa shape index (κ1) is 19.2. The average Bonchev–Trinajstić information content (AvgIpc) is 2.79. The second-order valence-electron chi connectivity index (χ2n) is 6.14. The maximum atomic E-state index is 12.7. The van der Waals surface area contributed by atoms with Gasteiger partial charge in [-0.2, -0.15) is 13.2 Å². The second-order valence-corrected chi connectivity index (χ2v) is 6.91. The zero-order valence-corrected chi connectivity index (χ0v) is 15.3. The molecular weight excluding hydrogens is 388 g/mol. The predicted octanol–water partition coefficient (Wildman–Crippen LogP) is 4.51. The minimum Gasteiger partial charge on any atom is -0.355 e. The molecule has 0 saturated carbocycles. The van der Waals surface area contributed by atoms with Crippen LogP contribution < -0.4 is 4.90 Å². The van der Waals surface area contributed by atoms with Gasteiger partial charge in [-0.15, -0.1) is 0 Å². The molecule has 1 saturated heterocycles. The molecule has 26 heavy (non-hydrogen) atoms. The van der Waals surface area contributed by atoms with Crippen molar-refractivity contribution in [2.45, 2.75) is 19.1 Å². The van der Waals surface area contributed by atoms with Gasteiger partial charge in [0.25, 0.3) is 0 Å². The quantitative estimate of drug-likeness (QED) is 0.704. The molecule has 0 aliphatic carbocycles. The number of nitrogens with zero attached hydrogens (tertiary/aromatic N) is 4. The summed E-state index contributed by atoms with van der Waals surface area (Å²) >= 11 is 11.9. The van der Waals surface area contributed by atoms with Crippen molar-refractivity contribution in [3.05, 3.63) is 51.9 Å². The van der Waals surface area contributed by atoms with Crippen LogP contribution in [0.15, 0.2) is 30.5 Å². The Morgan fingerprint density at radius 1 is 1.00 bits per heavy atom. The summed E-state index contributed by atoms with van der Waals surface area (Å²) in [6.07, 6.45) is -2.59. The molecule has 3 heterocycles. The Kier molecular flexibility index (Phi) is 5.89. The van der Waals surface area contributed by atoms with Gasteiger partial charge in [0, 0.05) is 38.9 Å². The van der Waals surface area contributed by atoms with Crippen molar-refractivity contribution in [1.82, 2.24) is 14.9 Å². The van der Waals surface area contributed by atoms with E-state index in [4.69, 9.17) is 23.2 Å². The maximum absolute atomic E-state index is 12.7. The lowest BCUT2D eigenvalue weighted by atomic mass is 10.2. The largest absolute Gasteiger partial charge is 0.417 e. The van der Waals surface area contributed by atoms with Crippen LogP contribution in [0.4, 0.5) is 19.0 Å². The Morgan fingerprint density at radius 3 is 2.35 bits per heavy atom. The molecule has 0 unspecified atom stereocenters. The van der Waals surface area contributed by atoms with Gasteiger partial charge in [0.1, 0.15) is 16.1 Å².